The number of nitrogens with one attached hydrogen (secondary N) is 1. The molecule has 0 aliphatic heterocycles. The van der Waals surface area contributed by atoms with Crippen LogP contribution in [0.4, 0.5) is 0 Å². The summed E-state index contributed by atoms with van der Waals surface area (Å²) in [5.41, 5.74) is 9.68. The van der Waals surface area contributed by atoms with Crippen molar-refractivity contribution in [2.45, 2.75) is 69.9 Å². The van der Waals surface area contributed by atoms with Crippen LogP contribution in [0, 0.1) is 18.8 Å². The van der Waals surface area contributed by atoms with Crippen molar-refractivity contribution < 1.29 is 14.1 Å². The number of rotatable bonds is 16. The van der Waals surface area contributed by atoms with Gasteiger partial charge in [-0.2, -0.15) is 0 Å². The van der Waals surface area contributed by atoms with Crippen LogP contribution in [0.5, 0.6) is 0 Å². The second kappa shape index (κ2) is 16.6. The number of aryl methyl sites for hydroxylation is 1. The molecule has 6 nitrogen and oxygen atoms in total. The summed E-state index contributed by atoms with van der Waals surface area (Å²) >= 11 is 0. The number of nitrogens with two attached hydrogens (primary N) is 1. The van der Waals surface area contributed by atoms with Gasteiger partial charge in [0.2, 0.25) is 5.91 Å². The van der Waals surface area contributed by atoms with Crippen LogP contribution in [0.2, 0.25) is 0 Å². The Labute approximate surface area is 248 Å². The zero-order valence-corrected chi connectivity index (χ0v) is 25.7. The molecule has 0 spiro atoms. The van der Waals surface area contributed by atoms with E-state index in [0.717, 1.165) is 34.4 Å². The number of hydrogen-bond acceptors (Lipinski definition) is 4. The molecular formula is C34H47N3O3S. The first-order valence-corrected chi connectivity index (χ1v) is 15.8. The number of carbonyl (C=O) groups excluding carboxylic acids is 1. The van der Waals surface area contributed by atoms with E-state index in [2.05, 4.69) is 26.1 Å². The second-order valence-corrected chi connectivity index (χ2v) is 12.9. The van der Waals surface area contributed by atoms with E-state index in [-0.39, 0.29) is 30.4 Å². The van der Waals surface area contributed by atoms with E-state index < -0.39 is 17.0 Å². The molecule has 0 aliphatic rings. The molecule has 0 saturated heterocycles. The van der Waals surface area contributed by atoms with E-state index in [1.807, 2.05) is 96.2 Å². The zero-order valence-electron chi connectivity index (χ0n) is 24.9. The quantitative estimate of drug-likeness (QED) is 0.212. The Morgan fingerprint density at radius 3 is 1.98 bits per heavy atom. The zero-order chi connectivity index (χ0) is 29.8. The van der Waals surface area contributed by atoms with Gasteiger partial charge >= 0.3 is 0 Å². The van der Waals surface area contributed by atoms with Gasteiger partial charge in [-0.1, -0.05) is 99.1 Å². The van der Waals surface area contributed by atoms with E-state index in [9.17, 15) is 14.1 Å². The molecular weight excluding hydrogens is 530 g/mol. The van der Waals surface area contributed by atoms with Crippen molar-refractivity contribution in [2.24, 2.45) is 17.6 Å². The fourth-order valence-electron chi connectivity index (χ4n) is 5.08. The molecule has 3 rings (SSSR count). The summed E-state index contributed by atoms with van der Waals surface area (Å²) in [6.45, 7) is 9.47. The van der Waals surface area contributed by atoms with Crippen molar-refractivity contribution in [2.75, 3.05) is 19.7 Å². The van der Waals surface area contributed by atoms with Crippen LogP contribution in [-0.4, -0.2) is 51.3 Å². The molecule has 3 aromatic carbocycles. The predicted molar refractivity (Wildman–Crippen MR) is 169 cm³/mol. The van der Waals surface area contributed by atoms with Crippen LogP contribution in [0.15, 0.2) is 89.8 Å². The third kappa shape index (κ3) is 9.89. The summed E-state index contributed by atoms with van der Waals surface area (Å²) in [5.74, 6) is 0.214. The van der Waals surface area contributed by atoms with Gasteiger partial charge in [0, 0.05) is 25.0 Å². The molecule has 0 saturated carbocycles. The summed E-state index contributed by atoms with van der Waals surface area (Å²) in [7, 11) is -1.37. The molecule has 3 aromatic rings. The fraction of sp³-hybridized carbons (Fsp3) is 0.441. The van der Waals surface area contributed by atoms with Gasteiger partial charge < -0.3 is 16.2 Å². The molecule has 41 heavy (non-hydrogen) atoms. The molecule has 0 heterocycles. The molecule has 4 N–H and O–H groups in total. The van der Waals surface area contributed by atoms with Crippen molar-refractivity contribution in [1.82, 2.24) is 9.62 Å². The maximum atomic E-state index is 13.6. The number of aliphatic hydroxyl groups is 1. The summed E-state index contributed by atoms with van der Waals surface area (Å²) in [5, 5.41) is 13.4. The molecule has 1 amide bonds. The van der Waals surface area contributed by atoms with Crippen LogP contribution in [0.1, 0.15) is 62.6 Å². The average Bonchev–Trinajstić information content (AvgIpc) is 2.97. The normalized spacial score (nSPS) is 14.7. The number of aliphatic hydroxyl groups excluding tert-OH is 1. The Morgan fingerprint density at radius 1 is 0.902 bits per heavy atom. The highest BCUT2D eigenvalue weighted by molar-refractivity contribution is 7.82. The molecule has 222 valence electrons. The Hall–Kier alpha value is -2.84. The molecule has 0 aliphatic carbocycles. The van der Waals surface area contributed by atoms with E-state index >= 15 is 0 Å². The molecule has 0 radical (unpaired) electrons. The topological polar surface area (TPSA) is 95.7 Å². The van der Waals surface area contributed by atoms with Crippen LogP contribution >= 0.6 is 0 Å². The first-order chi connectivity index (χ1) is 19.7. The Morgan fingerprint density at radius 2 is 1.46 bits per heavy atom. The molecule has 3 unspecified atom stereocenters. The van der Waals surface area contributed by atoms with Gasteiger partial charge in [-0.15, -0.1) is 0 Å². The van der Waals surface area contributed by atoms with Crippen LogP contribution in [0.25, 0.3) is 0 Å². The van der Waals surface area contributed by atoms with Crippen molar-refractivity contribution in [3.05, 3.63) is 102 Å². The Balaban J connectivity index is 1.61. The van der Waals surface area contributed by atoms with Gasteiger partial charge in [-0.25, -0.2) is 8.51 Å². The van der Waals surface area contributed by atoms with Crippen LogP contribution in [0.3, 0.4) is 0 Å². The van der Waals surface area contributed by atoms with E-state index in [1.54, 1.807) is 0 Å². The molecule has 0 fully saturated rings. The minimum atomic E-state index is -1.37. The van der Waals surface area contributed by atoms with Crippen LogP contribution < -0.4 is 11.1 Å². The molecule has 0 bridgehead atoms. The summed E-state index contributed by atoms with van der Waals surface area (Å²) in [6, 6.07) is 26.6. The second-order valence-electron chi connectivity index (χ2n) is 11.5. The number of benzene rings is 3. The van der Waals surface area contributed by atoms with E-state index in [1.165, 1.54) is 0 Å². The van der Waals surface area contributed by atoms with Gasteiger partial charge in [0.25, 0.3) is 0 Å². The van der Waals surface area contributed by atoms with E-state index in [4.69, 9.17) is 5.73 Å². The van der Waals surface area contributed by atoms with Crippen molar-refractivity contribution >= 4 is 16.9 Å². The van der Waals surface area contributed by atoms with Crippen molar-refractivity contribution in [3.8, 4) is 0 Å². The van der Waals surface area contributed by atoms with Gasteiger partial charge in [0.1, 0.15) is 11.0 Å². The van der Waals surface area contributed by atoms with Gasteiger partial charge in [0.05, 0.1) is 17.5 Å². The Bertz CT molecular complexity index is 1170. The lowest BCUT2D eigenvalue weighted by Gasteiger charge is -2.31. The number of amides is 1. The summed E-state index contributed by atoms with van der Waals surface area (Å²) in [6.07, 6.45) is 2.29. The fourth-order valence-corrected chi connectivity index (χ4v) is 6.42. The number of hydrogen-bond donors (Lipinski definition) is 3. The maximum absolute atomic E-state index is 13.6. The third-order valence-electron chi connectivity index (χ3n) is 7.57. The molecule has 7 heteroatoms. The van der Waals surface area contributed by atoms with E-state index in [0.29, 0.717) is 25.4 Å². The SMILES string of the molecule is Cc1ccc(S(=O)N(CCC(C)C)[C@H](CO)CC(C)CCNC(=O)C(N)C(c2ccccc2)c2ccccc2)cc1. The Kier molecular flexibility index (Phi) is 13.2. The first-order valence-electron chi connectivity index (χ1n) is 14.7. The minimum Gasteiger partial charge on any atom is -0.395 e. The van der Waals surface area contributed by atoms with Crippen molar-refractivity contribution in [3.63, 3.8) is 0 Å². The third-order valence-corrected chi connectivity index (χ3v) is 9.15. The largest absolute Gasteiger partial charge is 0.395 e. The molecule has 0 aromatic heterocycles. The number of nitrogens with zero attached hydrogens (tertiary/aromatic N) is 1. The highest BCUT2D eigenvalue weighted by Crippen LogP contribution is 2.27. The van der Waals surface area contributed by atoms with Crippen LogP contribution in [-0.2, 0) is 15.8 Å². The average molecular weight is 578 g/mol. The van der Waals surface area contributed by atoms with Crippen molar-refractivity contribution in [1.29, 1.82) is 0 Å². The minimum absolute atomic E-state index is 0.0763. The monoisotopic (exact) mass is 577 g/mol. The van der Waals surface area contributed by atoms with Gasteiger partial charge in [-0.3, -0.25) is 4.79 Å². The standard InChI is InChI=1S/C34H47N3O3S/c1-25(2)20-22-37(41(40)31-17-15-26(3)16-18-31)30(24-38)23-27(4)19-21-36-34(39)33(35)32(28-11-7-5-8-12-28)29-13-9-6-10-14-29/h5-18,25,27,30,32-33,38H,19-24,35H2,1-4H3,(H,36,39)/t27?,30-,33?,41?/m0/s1. The summed E-state index contributed by atoms with van der Waals surface area (Å²) < 4.78 is 15.5. The van der Waals surface area contributed by atoms with Gasteiger partial charge in [0.15, 0.2) is 0 Å². The highest BCUT2D eigenvalue weighted by atomic mass is 32.2. The predicted octanol–water partition coefficient (Wildman–Crippen LogP) is 5.42. The lowest BCUT2D eigenvalue weighted by molar-refractivity contribution is -0.122. The van der Waals surface area contributed by atoms with Gasteiger partial charge in [-0.05, 0) is 61.3 Å². The lowest BCUT2D eigenvalue weighted by Crippen LogP contribution is -2.45. The summed E-state index contributed by atoms with van der Waals surface area (Å²) in [4.78, 5) is 13.9. The molecule has 4 atom stereocenters. The lowest BCUT2D eigenvalue weighted by atomic mass is 9.85. The maximum Gasteiger partial charge on any atom is 0.237 e. The highest BCUT2D eigenvalue weighted by Gasteiger charge is 2.29. The first kappa shape index (κ1) is 32.7. The smallest absolute Gasteiger partial charge is 0.237 e. The number of carbonyl (C=O) groups is 1.